The fourth-order valence-corrected chi connectivity index (χ4v) is 3.25. The first-order chi connectivity index (χ1) is 19.3. The molecule has 0 aliphatic rings. The highest BCUT2D eigenvalue weighted by molar-refractivity contribution is 5.91. The lowest BCUT2D eigenvalue weighted by atomic mass is 10.2. The molecule has 0 fully saturated rings. The average Bonchev–Trinajstić information content (AvgIpc) is 2.89. The lowest BCUT2D eigenvalue weighted by molar-refractivity contribution is -0.185. The summed E-state index contributed by atoms with van der Waals surface area (Å²) in [5.41, 5.74) is 11.9. The second-order valence-corrected chi connectivity index (χ2v) is 8.45. The quantitative estimate of drug-likeness (QED) is 0.0917. The maximum absolute atomic E-state index is 14.5. The van der Waals surface area contributed by atoms with E-state index in [4.69, 9.17) is 30.4 Å². The van der Waals surface area contributed by atoms with Gasteiger partial charge in [0.1, 0.15) is 24.7 Å². The summed E-state index contributed by atoms with van der Waals surface area (Å²) in [5, 5.41) is 0. The summed E-state index contributed by atoms with van der Waals surface area (Å²) in [6.07, 6.45) is -6.82. The molecule has 0 aromatic heterocycles. The summed E-state index contributed by atoms with van der Waals surface area (Å²) < 4.78 is 85.3. The first-order valence-corrected chi connectivity index (χ1v) is 12.0. The van der Waals surface area contributed by atoms with E-state index < -0.39 is 42.8 Å². The molecule has 3 rings (SSSR count). The number of halogens is 5. The van der Waals surface area contributed by atoms with Gasteiger partial charge >= 0.3 is 24.2 Å². The molecule has 4 N–H and O–H groups in total. The van der Waals surface area contributed by atoms with Crippen molar-refractivity contribution in [3.8, 4) is 11.5 Å². The van der Waals surface area contributed by atoms with Crippen LogP contribution in [0.15, 0.2) is 72.8 Å². The topological polar surface area (TPSA) is 123 Å². The Labute approximate surface area is 231 Å². The molecule has 0 heterocycles. The van der Waals surface area contributed by atoms with Gasteiger partial charge in [-0.25, -0.2) is 9.59 Å². The molecule has 0 bridgehead atoms. The molecular weight excluding hydrogens is 555 g/mol. The van der Waals surface area contributed by atoms with Crippen molar-refractivity contribution in [2.75, 3.05) is 31.3 Å². The molecule has 0 saturated heterocycles. The number of rotatable bonds is 12. The van der Waals surface area contributed by atoms with Crippen LogP contribution in [0.3, 0.4) is 0 Å². The number of benzene rings is 3. The Morgan fingerprint density at radius 2 is 1.34 bits per heavy atom. The van der Waals surface area contributed by atoms with Crippen LogP contribution in [0.1, 0.15) is 27.9 Å². The highest BCUT2D eigenvalue weighted by Crippen LogP contribution is 2.33. The number of hydrogen-bond donors (Lipinski definition) is 2. The summed E-state index contributed by atoms with van der Waals surface area (Å²) in [6, 6.07) is 13.9. The highest BCUT2D eigenvalue weighted by Gasteiger charge is 2.34. The molecule has 0 radical (unpaired) electrons. The van der Waals surface area contributed by atoms with Crippen LogP contribution in [0.25, 0.3) is 6.08 Å². The average molecular weight is 581 g/mol. The summed E-state index contributed by atoms with van der Waals surface area (Å²) in [7, 11) is 0. The minimum Gasteiger partial charge on any atom is -0.493 e. The van der Waals surface area contributed by atoms with E-state index in [0.717, 1.165) is 30.3 Å². The van der Waals surface area contributed by atoms with E-state index >= 15 is 0 Å². The van der Waals surface area contributed by atoms with Crippen molar-refractivity contribution in [2.45, 2.75) is 18.7 Å². The van der Waals surface area contributed by atoms with Crippen LogP contribution in [-0.4, -0.2) is 37.9 Å². The zero-order valence-electron chi connectivity index (χ0n) is 21.3. The number of alkyl halides is 5. The van der Waals surface area contributed by atoms with Crippen LogP contribution in [0, 0.1) is 0 Å². The lowest BCUT2D eigenvalue weighted by Crippen LogP contribution is -2.21. The van der Waals surface area contributed by atoms with Gasteiger partial charge in [-0.3, -0.25) is 0 Å². The van der Waals surface area contributed by atoms with Gasteiger partial charge in [-0.05, 0) is 66.2 Å². The Hall–Kier alpha value is -4.81. The smallest absolute Gasteiger partial charge is 0.426 e. The molecule has 3 aromatic carbocycles. The van der Waals surface area contributed by atoms with Crippen LogP contribution >= 0.6 is 0 Å². The van der Waals surface area contributed by atoms with Crippen LogP contribution in [0.2, 0.25) is 0 Å². The Balaban J connectivity index is 1.43. The maximum atomic E-state index is 14.5. The Kier molecular flexibility index (Phi) is 10.1. The van der Waals surface area contributed by atoms with Crippen molar-refractivity contribution in [1.29, 1.82) is 0 Å². The number of nitrogen functional groups attached to an aromatic ring is 2. The van der Waals surface area contributed by atoms with Crippen LogP contribution < -0.4 is 20.9 Å². The number of ether oxygens (including phenoxy) is 4. The lowest BCUT2D eigenvalue weighted by Gasteiger charge is -2.18. The molecule has 0 spiro atoms. The first kappa shape index (κ1) is 30.7. The minimum absolute atomic E-state index is 0.00730. The van der Waals surface area contributed by atoms with Crippen molar-refractivity contribution < 1.29 is 50.5 Å². The van der Waals surface area contributed by atoms with Crippen LogP contribution in [0.5, 0.6) is 11.5 Å². The fraction of sp³-hybridized carbons (Fsp3) is 0.214. The third-order valence-electron chi connectivity index (χ3n) is 5.16. The molecule has 0 aliphatic heterocycles. The third-order valence-corrected chi connectivity index (χ3v) is 5.16. The normalized spacial score (nSPS) is 11.7. The molecule has 218 valence electrons. The summed E-state index contributed by atoms with van der Waals surface area (Å²) in [6.45, 7) is -1.05. The second-order valence-electron chi connectivity index (χ2n) is 8.45. The first-order valence-electron chi connectivity index (χ1n) is 12.0. The third kappa shape index (κ3) is 10.4. The Bertz CT molecular complexity index is 1340. The summed E-state index contributed by atoms with van der Waals surface area (Å²) in [4.78, 5) is 23.9. The SMILES string of the molecule is Nc1cc(N)cc(C(=O)OCCOC(=O)/C=C/c2ccc(OC(F)(F)c3ccc(OCCC(F)(F)F)cc3)cc2)c1. The number of nitrogens with two attached hydrogens (primary N) is 2. The number of hydrogen-bond acceptors (Lipinski definition) is 8. The van der Waals surface area contributed by atoms with E-state index in [2.05, 4.69) is 0 Å². The van der Waals surface area contributed by atoms with Crippen molar-refractivity contribution in [3.63, 3.8) is 0 Å². The number of carbonyl (C=O) groups excluding carboxylic acids is 2. The van der Waals surface area contributed by atoms with Crippen molar-refractivity contribution in [2.24, 2.45) is 0 Å². The van der Waals surface area contributed by atoms with Crippen molar-refractivity contribution in [3.05, 3.63) is 89.5 Å². The molecule has 0 aliphatic carbocycles. The van der Waals surface area contributed by atoms with Gasteiger partial charge in [0, 0.05) is 17.5 Å². The largest absolute Gasteiger partial charge is 0.493 e. The van der Waals surface area contributed by atoms with Gasteiger partial charge in [0.2, 0.25) is 0 Å². The van der Waals surface area contributed by atoms with E-state index in [-0.39, 0.29) is 30.3 Å². The van der Waals surface area contributed by atoms with E-state index in [1.807, 2.05) is 0 Å². The maximum Gasteiger partial charge on any atom is 0.426 e. The van der Waals surface area contributed by atoms with Gasteiger partial charge in [0.05, 0.1) is 24.2 Å². The van der Waals surface area contributed by atoms with Gasteiger partial charge in [-0.1, -0.05) is 12.1 Å². The Morgan fingerprint density at radius 1 is 0.756 bits per heavy atom. The molecule has 41 heavy (non-hydrogen) atoms. The van der Waals surface area contributed by atoms with Crippen molar-refractivity contribution in [1.82, 2.24) is 0 Å². The number of carbonyl (C=O) groups is 2. The molecule has 3 aromatic rings. The predicted molar refractivity (Wildman–Crippen MR) is 139 cm³/mol. The summed E-state index contributed by atoms with van der Waals surface area (Å²) >= 11 is 0. The molecule has 0 saturated carbocycles. The van der Waals surface area contributed by atoms with Crippen molar-refractivity contribution >= 4 is 29.4 Å². The minimum atomic E-state index is -4.39. The zero-order valence-corrected chi connectivity index (χ0v) is 21.3. The predicted octanol–water partition coefficient (Wildman–Crippen LogP) is 5.72. The van der Waals surface area contributed by atoms with E-state index in [1.165, 1.54) is 48.5 Å². The molecule has 13 heteroatoms. The molecule has 8 nitrogen and oxygen atoms in total. The molecule has 0 atom stereocenters. The fourth-order valence-electron chi connectivity index (χ4n) is 3.25. The second kappa shape index (κ2) is 13.5. The molecule has 0 unspecified atom stereocenters. The van der Waals surface area contributed by atoms with Crippen LogP contribution in [0.4, 0.5) is 33.3 Å². The number of anilines is 2. The zero-order chi connectivity index (χ0) is 30.0. The van der Waals surface area contributed by atoms with Gasteiger partial charge in [-0.2, -0.15) is 22.0 Å². The monoisotopic (exact) mass is 580 g/mol. The molecule has 0 amide bonds. The summed E-state index contributed by atoms with van der Waals surface area (Å²) in [5.74, 6) is -1.59. The van der Waals surface area contributed by atoms with Gasteiger partial charge in [0.15, 0.2) is 0 Å². The van der Waals surface area contributed by atoms with E-state index in [9.17, 15) is 31.5 Å². The van der Waals surface area contributed by atoms with Gasteiger partial charge in [0.25, 0.3) is 0 Å². The van der Waals surface area contributed by atoms with Gasteiger partial charge < -0.3 is 30.4 Å². The standard InChI is InChI=1S/C28H25F5N2O6/c29-27(30,31)11-12-38-23-8-4-20(5-9-23)28(32,33)41-24-6-1-18(2-7-24)3-10-25(36)39-13-14-40-26(37)19-15-21(34)17-22(35)16-19/h1-10,15-17H,11-14,34-35H2/b10-3+. The Morgan fingerprint density at radius 3 is 1.95 bits per heavy atom. The number of esters is 2. The molecular formula is C28H25F5N2O6. The van der Waals surface area contributed by atoms with E-state index in [1.54, 1.807) is 0 Å². The highest BCUT2D eigenvalue weighted by atomic mass is 19.4. The van der Waals surface area contributed by atoms with Gasteiger partial charge in [-0.15, -0.1) is 0 Å². The van der Waals surface area contributed by atoms with E-state index in [0.29, 0.717) is 16.9 Å². The van der Waals surface area contributed by atoms with Crippen LogP contribution in [-0.2, 0) is 20.4 Å².